The molecule has 0 bridgehead atoms. The van der Waals surface area contributed by atoms with Gasteiger partial charge in [0.1, 0.15) is 0 Å². The van der Waals surface area contributed by atoms with Crippen molar-refractivity contribution in [2.75, 3.05) is 18.9 Å². The van der Waals surface area contributed by atoms with Crippen molar-refractivity contribution < 1.29 is 13.2 Å². The summed E-state index contributed by atoms with van der Waals surface area (Å²) in [6.07, 6.45) is 0. The van der Waals surface area contributed by atoms with Crippen LogP contribution in [0.3, 0.4) is 0 Å². The lowest BCUT2D eigenvalue weighted by Crippen LogP contribution is -2.34. The van der Waals surface area contributed by atoms with E-state index in [0.29, 0.717) is 10.7 Å². The van der Waals surface area contributed by atoms with Gasteiger partial charge in [0.2, 0.25) is 15.9 Å². The predicted octanol–water partition coefficient (Wildman–Crippen LogP) is 3.36. The van der Waals surface area contributed by atoms with E-state index in [0.717, 1.165) is 8.78 Å². The largest absolute Gasteiger partial charge is 0.325 e. The molecule has 23 heavy (non-hydrogen) atoms. The van der Waals surface area contributed by atoms with Crippen LogP contribution in [0.1, 0.15) is 0 Å². The third-order valence-corrected chi connectivity index (χ3v) is 5.56. The molecule has 0 atom stereocenters. The lowest BCUT2D eigenvalue weighted by molar-refractivity contribution is -0.116. The van der Waals surface area contributed by atoms with E-state index in [1.165, 1.54) is 31.3 Å². The lowest BCUT2D eigenvalue weighted by atomic mass is 10.3. The number of hydrogen-bond donors (Lipinski definition) is 1. The van der Waals surface area contributed by atoms with Crippen LogP contribution in [0.15, 0.2) is 57.9 Å². The summed E-state index contributed by atoms with van der Waals surface area (Å²) in [4.78, 5) is 12.1. The fourth-order valence-corrected chi connectivity index (χ4v) is 3.49. The zero-order valence-electron chi connectivity index (χ0n) is 12.2. The van der Waals surface area contributed by atoms with Crippen LogP contribution in [-0.2, 0) is 14.8 Å². The molecule has 0 saturated heterocycles. The number of sulfonamides is 1. The van der Waals surface area contributed by atoms with Crippen LogP contribution in [0, 0.1) is 0 Å². The molecular formula is C15H14BrClN2O3S. The highest BCUT2D eigenvalue weighted by Crippen LogP contribution is 2.18. The van der Waals surface area contributed by atoms with Gasteiger partial charge in [0.15, 0.2) is 0 Å². The Morgan fingerprint density at radius 1 is 1.22 bits per heavy atom. The molecule has 0 aliphatic heterocycles. The molecule has 0 unspecified atom stereocenters. The summed E-state index contributed by atoms with van der Waals surface area (Å²) in [5, 5.41) is 3.09. The van der Waals surface area contributed by atoms with Gasteiger partial charge in [0.25, 0.3) is 0 Å². The Bertz CT molecular complexity index is 810. The summed E-state index contributed by atoms with van der Waals surface area (Å²) in [6.45, 7) is -0.294. The second kappa shape index (κ2) is 7.44. The molecule has 0 aliphatic rings. The van der Waals surface area contributed by atoms with Gasteiger partial charge in [-0.2, -0.15) is 4.31 Å². The van der Waals surface area contributed by atoms with E-state index in [4.69, 9.17) is 11.6 Å². The molecule has 122 valence electrons. The highest BCUT2D eigenvalue weighted by molar-refractivity contribution is 9.10. The maximum Gasteiger partial charge on any atom is 0.243 e. The summed E-state index contributed by atoms with van der Waals surface area (Å²) in [7, 11) is -2.40. The maximum absolute atomic E-state index is 12.4. The van der Waals surface area contributed by atoms with Gasteiger partial charge in [-0.25, -0.2) is 8.42 Å². The van der Waals surface area contributed by atoms with E-state index >= 15 is 0 Å². The molecule has 0 saturated carbocycles. The smallest absolute Gasteiger partial charge is 0.243 e. The monoisotopic (exact) mass is 416 g/mol. The van der Waals surface area contributed by atoms with Crippen molar-refractivity contribution in [3.8, 4) is 0 Å². The van der Waals surface area contributed by atoms with Gasteiger partial charge in [0, 0.05) is 22.2 Å². The topological polar surface area (TPSA) is 66.5 Å². The van der Waals surface area contributed by atoms with E-state index in [-0.39, 0.29) is 11.4 Å². The molecule has 2 aromatic carbocycles. The third-order valence-electron chi connectivity index (χ3n) is 3.00. The number of anilines is 1. The highest BCUT2D eigenvalue weighted by atomic mass is 79.9. The molecular weight excluding hydrogens is 404 g/mol. The van der Waals surface area contributed by atoms with Crippen LogP contribution in [0.5, 0.6) is 0 Å². The fourth-order valence-electron chi connectivity index (χ4n) is 1.84. The molecule has 2 rings (SSSR count). The first-order valence-electron chi connectivity index (χ1n) is 6.56. The second-order valence-corrected chi connectivity index (χ2v) is 8.17. The molecule has 2 aromatic rings. The van der Waals surface area contributed by atoms with Gasteiger partial charge >= 0.3 is 0 Å². The van der Waals surface area contributed by atoms with Crippen LogP contribution in [-0.4, -0.2) is 32.2 Å². The normalized spacial score (nSPS) is 11.5. The number of nitrogens with one attached hydrogen (secondary N) is 1. The number of likely N-dealkylation sites (N-methyl/N-ethyl adjacent to an activating group) is 1. The zero-order valence-corrected chi connectivity index (χ0v) is 15.3. The minimum Gasteiger partial charge on any atom is -0.325 e. The molecule has 8 heteroatoms. The molecule has 0 radical (unpaired) electrons. The van der Waals surface area contributed by atoms with Crippen molar-refractivity contribution >= 4 is 49.1 Å². The van der Waals surface area contributed by atoms with Crippen molar-refractivity contribution in [1.29, 1.82) is 0 Å². The molecule has 1 amide bonds. The van der Waals surface area contributed by atoms with E-state index in [1.807, 2.05) is 6.07 Å². The number of nitrogens with zero attached hydrogens (tertiary/aromatic N) is 1. The number of rotatable bonds is 5. The Balaban J connectivity index is 2.06. The number of carbonyl (C=O) groups excluding carboxylic acids is 1. The van der Waals surface area contributed by atoms with Gasteiger partial charge in [-0.3, -0.25) is 4.79 Å². The maximum atomic E-state index is 12.4. The molecule has 5 nitrogen and oxygen atoms in total. The first-order valence-corrected chi connectivity index (χ1v) is 9.17. The minimum absolute atomic E-state index is 0.0830. The van der Waals surface area contributed by atoms with E-state index in [2.05, 4.69) is 21.2 Å². The van der Waals surface area contributed by atoms with Gasteiger partial charge < -0.3 is 5.32 Å². The van der Waals surface area contributed by atoms with Crippen LogP contribution < -0.4 is 5.32 Å². The molecule has 1 N–H and O–H groups in total. The number of amides is 1. The number of hydrogen-bond acceptors (Lipinski definition) is 3. The third kappa shape index (κ3) is 4.78. The predicted molar refractivity (Wildman–Crippen MR) is 94.0 cm³/mol. The van der Waals surface area contributed by atoms with Crippen LogP contribution in [0.4, 0.5) is 5.69 Å². The minimum atomic E-state index is -3.75. The Kier molecular flexibility index (Phi) is 5.80. The average Bonchev–Trinajstić information content (AvgIpc) is 2.47. The summed E-state index contributed by atoms with van der Waals surface area (Å²) in [5.74, 6) is -0.428. The summed E-state index contributed by atoms with van der Waals surface area (Å²) in [6, 6.07) is 12.8. The van der Waals surface area contributed by atoms with E-state index in [9.17, 15) is 13.2 Å². The number of benzene rings is 2. The molecule has 0 heterocycles. The summed E-state index contributed by atoms with van der Waals surface area (Å²) >= 11 is 9.05. The first-order chi connectivity index (χ1) is 10.8. The van der Waals surface area contributed by atoms with E-state index in [1.54, 1.807) is 18.2 Å². The Morgan fingerprint density at radius 2 is 1.87 bits per heavy atom. The molecule has 0 aliphatic carbocycles. The quantitative estimate of drug-likeness (QED) is 0.811. The first kappa shape index (κ1) is 17.9. The van der Waals surface area contributed by atoms with Gasteiger partial charge in [-0.15, -0.1) is 0 Å². The fraction of sp³-hybridized carbons (Fsp3) is 0.133. The Hall–Kier alpha value is -1.41. The average molecular weight is 418 g/mol. The Morgan fingerprint density at radius 3 is 2.48 bits per heavy atom. The van der Waals surface area contributed by atoms with Crippen molar-refractivity contribution in [2.45, 2.75) is 4.90 Å². The summed E-state index contributed by atoms with van der Waals surface area (Å²) < 4.78 is 26.6. The van der Waals surface area contributed by atoms with Crippen molar-refractivity contribution in [3.63, 3.8) is 0 Å². The molecule has 0 fully saturated rings. The van der Waals surface area contributed by atoms with Crippen molar-refractivity contribution in [1.82, 2.24) is 4.31 Å². The number of carbonyl (C=O) groups is 1. The highest BCUT2D eigenvalue weighted by Gasteiger charge is 2.22. The lowest BCUT2D eigenvalue weighted by Gasteiger charge is -2.17. The van der Waals surface area contributed by atoms with Gasteiger partial charge in [0.05, 0.1) is 11.4 Å². The SMILES string of the molecule is CN(CC(=O)Nc1cccc(Br)c1)S(=O)(=O)c1ccc(Cl)cc1. The van der Waals surface area contributed by atoms with Crippen LogP contribution in [0.2, 0.25) is 5.02 Å². The molecule has 0 aromatic heterocycles. The summed E-state index contributed by atoms with van der Waals surface area (Å²) in [5.41, 5.74) is 0.585. The molecule has 0 spiro atoms. The van der Waals surface area contributed by atoms with Crippen molar-refractivity contribution in [3.05, 3.63) is 58.0 Å². The standard InChI is InChI=1S/C15H14BrClN2O3S/c1-19(23(21,22)14-7-5-12(17)6-8-14)10-15(20)18-13-4-2-3-11(16)9-13/h2-9H,10H2,1H3,(H,18,20). The van der Waals surface area contributed by atoms with Gasteiger partial charge in [-0.05, 0) is 42.5 Å². The van der Waals surface area contributed by atoms with Crippen LogP contribution >= 0.6 is 27.5 Å². The number of halogens is 2. The second-order valence-electron chi connectivity index (χ2n) is 4.77. The zero-order chi connectivity index (χ0) is 17.0. The van der Waals surface area contributed by atoms with Crippen LogP contribution in [0.25, 0.3) is 0 Å². The van der Waals surface area contributed by atoms with Crippen molar-refractivity contribution in [2.24, 2.45) is 0 Å². The van der Waals surface area contributed by atoms with E-state index < -0.39 is 15.9 Å². The Labute approximate surface area is 148 Å². The van der Waals surface area contributed by atoms with Gasteiger partial charge in [-0.1, -0.05) is 33.6 Å².